The van der Waals surface area contributed by atoms with Gasteiger partial charge in [-0.25, -0.2) is 4.98 Å². The number of aromatic nitrogens is 2. The molecule has 1 amide bonds. The van der Waals surface area contributed by atoms with Crippen molar-refractivity contribution in [1.82, 2.24) is 9.97 Å². The number of nitrogens with zero attached hydrogens (tertiary/aromatic N) is 2. The number of carbonyl (C=O) groups is 1. The number of fused-ring (bicyclic) bond motifs is 3. The first-order valence-corrected chi connectivity index (χ1v) is 8.44. The second kappa shape index (κ2) is 6.05. The van der Waals surface area contributed by atoms with Gasteiger partial charge in [-0.05, 0) is 42.7 Å². The molecule has 0 fully saturated rings. The van der Waals surface area contributed by atoms with E-state index in [1.807, 2.05) is 12.1 Å². The van der Waals surface area contributed by atoms with Crippen LogP contribution in [0.3, 0.4) is 0 Å². The first-order valence-electron chi connectivity index (χ1n) is 7.63. The standard InChI is InChI=1S/C18H15N3O2S/c1-23-13-6-4-11-5-7-15-16(14(11)9-13)20-18(24-15)21-17(22)12-3-2-8-19-10-12/h2-4,6,8-10H,5,7H2,1H3,(H,20,21,22). The number of nitrogens with one attached hydrogen (secondary N) is 1. The molecule has 3 aromatic rings. The van der Waals surface area contributed by atoms with E-state index >= 15 is 0 Å². The van der Waals surface area contributed by atoms with Gasteiger partial charge in [0.25, 0.3) is 5.91 Å². The van der Waals surface area contributed by atoms with E-state index in [4.69, 9.17) is 4.74 Å². The summed E-state index contributed by atoms with van der Waals surface area (Å²) in [4.78, 5) is 22.1. The van der Waals surface area contributed by atoms with Gasteiger partial charge in [-0.2, -0.15) is 0 Å². The Labute approximate surface area is 143 Å². The summed E-state index contributed by atoms with van der Waals surface area (Å²) in [5.41, 5.74) is 3.82. The fourth-order valence-corrected chi connectivity index (χ4v) is 3.79. The number of thiazole rings is 1. The minimum atomic E-state index is -0.194. The third kappa shape index (κ3) is 2.65. The molecule has 0 radical (unpaired) electrons. The monoisotopic (exact) mass is 337 g/mol. The number of amides is 1. The number of hydrogen-bond acceptors (Lipinski definition) is 5. The minimum Gasteiger partial charge on any atom is -0.497 e. The van der Waals surface area contributed by atoms with Crippen LogP contribution in [0.1, 0.15) is 20.8 Å². The Morgan fingerprint density at radius 1 is 1.29 bits per heavy atom. The minimum absolute atomic E-state index is 0.194. The van der Waals surface area contributed by atoms with E-state index in [0.717, 1.165) is 29.8 Å². The highest BCUT2D eigenvalue weighted by atomic mass is 32.1. The number of anilines is 1. The zero-order chi connectivity index (χ0) is 16.5. The third-order valence-electron chi connectivity index (χ3n) is 4.04. The number of aryl methyl sites for hydroxylation is 2. The van der Waals surface area contributed by atoms with Gasteiger partial charge in [0.1, 0.15) is 5.75 Å². The molecule has 0 atom stereocenters. The lowest BCUT2D eigenvalue weighted by atomic mass is 9.93. The lowest BCUT2D eigenvalue weighted by Crippen LogP contribution is -2.11. The molecule has 0 saturated carbocycles. The van der Waals surface area contributed by atoms with Crippen LogP contribution >= 0.6 is 11.3 Å². The molecule has 0 spiro atoms. The smallest absolute Gasteiger partial charge is 0.259 e. The van der Waals surface area contributed by atoms with Gasteiger partial charge < -0.3 is 4.74 Å². The van der Waals surface area contributed by atoms with Crippen LogP contribution in [-0.4, -0.2) is 23.0 Å². The Hall–Kier alpha value is -2.73. The van der Waals surface area contributed by atoms with Crippen LogP contribution < -0.4 is 10.1 Å². The van der Waals surface area contributed by atoms with Crippen molar-refractivity contribution in [3.8, 4) is 17.0 Å². The number of pyridine rings is 1. The van der Waals surface area contributed by atoms with Gasteiger partial charge in [0.15, 0.2) is 5.13 Å². The van der Waals surface area contributed by atoms with Crippen LogP contribution in [0.5, 0.6) is 5.75 Å². The molecule has 5 nitrogen and oxygen atoms in total. The maximum Gasteiger partial charge on any atom is 0.259 e. The molecule has 1 aliphatic carbocycles. The summed E-state index contributed by atoms with van der Waals surface area (Å²) < 4.78 is 5.32. The molecule has 0 aliphatic heterocycles. The van der Waals surface area contributed by atoms with Crippen LogP contribution in [0.15, 0.2) is 42.7 Å². The second-order valence-corrected chi connectivity index (χ2v) is 6.59. The van der Waals surface area contributed by atoms with Crippen LogP contribution in [0.25, 0.3) is 11.3 Å². The molecule has 2 aromatic heterocycles. The van der Waals surface area contributed by atoms with Gasteiger partial charge >= 0.3 is 0 Å². The van der Waals surface area contributed by atoms with Crippen LogP contribution in [-0.2, 0) is 12.8 Å². The zero-order valence-electron chi connectivity index (χ0n) is 13.1. The Kier molecular flexibility index (Phi) is 3.74. The molecule has 24 heavy (non-hydrogen) atoms. The van der Waals surface area contributed by atoms with Crippen molar-refractivity contribution >= 4 is 22.4 Å². The van der Waals surface area contributed by atoms with Crippen molar-refractivity contribution in [3.63, 3.8) is 0 Å². The van der Waals surface area contributed by atoms with E-state index in [0.29, 0.717) is 10.7 Å². The molecule has 4 rings (SSSR count). The van der Waals surface area contributed by atoms with Gasteiger partial charge in [-0.3, -0.25) is 15.1 Å². The van der Waals surface area contributed by atoms with Crippen molar-refractivity contribution in [2.24, 2.45) is 0 Å². The highest BCUT2D eigenvalue weighted by Crippen LogP contribution is 2.39. The van der Waals surface area contributed by atoms with Crippen molar-refractivity contribution in [2.75, 3.05) is 12.4 Å². The van der Waals surface area contributed by atoms with Gasteiger partial charge in [-0.15, -0.1) is 11.3 Å². The fraction of sp³-hybridized carbons (Fsp3) is 0.167. The Bertz CT molecular complexity index is 906. The quantitative estimate of drug-likeness (QED) is 0.793. The number of ether oxygens (including phenoxy) is 1. The molecular weight excluding hydrogens is 322 g/mol. The molecule has 1 aliphatic rings. The molecule has 0 saturated heterocycles. The van der Waals surface area contributed by atoms with E-state index in [1.165, 1.54) is 21.8 Å². The first kappa shape index (κ1) is 14.8. The fourth-order valence-electron chi connectivity index (χ4n) is 2.82. The van der Waals surface area contributed by atoms with E-state index in [2.05, 4.69) is 21.4 Å². The third-order valence-corrected chi connectivity index (χ3v) is 5.07. The van der Waals surface area contributed by atoms with E-state index in [1.54, 1.807) is 31.6 Å². The number of methoxy groups -OCH3 is 1. The van der Waals surface area contributed by atoms with E-state index in [-0.39, 0.29) is 5.91 Å². The predicted octanol–water partition coefficient (Wildman–Crippen LogP) is 3.56. The van der Waals surface area contributed by atoms with Gasteiger partial charge in [0.05, 0.1) is 18.4 Å². The number of carbonyl (C=O) groups excluding carboxylic acids is 1. The molecule has 0 bridgehead atoms. The van der Waals surface area contributed by atoms with Gasteiger partial charge in [0, 0.05) is 22.8 Å². The average molecular weight is 337 g/mol. The first-order chi connectivity index (χ1) is 11.7. The Morgan fingerprint density at radius 3 is 3.00 bits per heavy atom. The van der Waals surface area contributed by atoms with Crippen LogP contribution in [0.4, 0.5) is 5.13 Å². The topological polar surface area (TPSA) is 64.1 Å². The maximum absolute atomic E-state index is 12.3. The average Bonchev–Trinajstić information content (AvgIpc) is 3.05. The van der Waals surface area contributed by atoms with E-state index < -0.39 is 0 Å². The summed E-state index contributed by atoms with van der Waals surface area (Å²) >= 11 is 1.53. The largest absolute Gasteiger partial charge is 0.497 e. The van der Waals surface area contributed by atoms with Crippen molar-refractivity contribution in [1.29, 1.82) is 0 Å². The molecule has 1 N–H and O–H groups in total. The van der Waals surface area contributed by atoms with Gasteiger partial charge in [-0.1, -0.05) is 6.07 Å². The number of rotatable bonds is 3. The number of benzene rings is 1. The second-order valence-electron chi connectivity index (χ2n) is 5.51. The molecular formula is C18H15N3O2S. The number of hydrogen-bond donors (Lipinski definition) is 1. The van der Waals surface area contributed by atoms with Crippen molar-refractivity contribution in [3.05, 3.63) is 58.7 Å². The lowest BCUT2D eigenvalue weighted by Gasteiger charge is -2.15. The normalized spacial score (nSPS) is 12.2. The molecule has 120 valence electrons. The highest BCUT2D eigenvalue weighted by Gasteiger charge is 2.22. The molecule has 2 heterocycles. The van der Waals surface area contributed by atoms with Gasteiger partial charge in [0.2, 0.25) is 0 Å². The maximum atomic E-state index is 12.3. The summed E-state index contributed by atoms with van der Waals surface area (Å²) in [5.74, 6) is 0.621. The Morgan fingerprint density at radius 2 is 2.21 bits per heavy atom. The summed E-state index contributed by atoms with van der Waals surface area (Å²) in [6.45, 7) is 0. The summed E-state index contributed by atoms with van der Waals surface area (Å²) in [6.07, 6.45) is 5.10. The summed E-state index contributed by atoms with van der Waals surface area (Å²) in [5, 5.41) is 3.49. The highest BCUT2D eigenvalue weighted by molar-refractivity contribution is 7.16. The summed E-state index contributed by atoms with van der Waals surface area (Å²) in [7, 11) is 1.66. The van der Waals surface area contributed by atoms with E-state index in [9.17, 15) is 4.79 Å². The van der Waals surface area contributed by atoms with Crippen molar-refractivity contribution < 1.29 is 9.53 Å². The summed E-state index contributed by atoms with van der Waals surface area (Å²) in [6, 6.07) is 9.55. The molecule has 1 aromatic carbocycles. The molecule has 6 heteroatoms. The molecule has 0 unspecified atom stereocenters. The van der Waals surface area contributed by atoms with Crippen LogP contribution in [0, 0.1) is 0 Å². The SMILES string of the molecule is COc1ccc2c(c1)-c1nc(NC(=O)c3cccnc3)sc1CC2. The van der Waals surface area contributed by atoms with Crippen LogP contribution in [0.2, 0.25) is 0 Å². The Balaban J connectivity index is 1.65. The van der Waals surface area contributed by atoms with Crippen molar-refractivity contribution in [2.45, 2.75) is 12.8 Å². The lowest BCUT2D eigenvalue weighted by molar-refractivity contribution is 0.102. The zero-order valence-corrected chi connectivity index (χ0v) is 13.9. The predicted molar refractivity (Wildman–Crippen MR) is 93.7 cm³/mol.